The van der Waals surface area contributed by atoms with Gasteiger partial charge in [0.05, 0.1) is 16.8 Å². The predicted molar refractivity (Wildman–Crippen MR) is 94.3 cm³/mol. The third kappa shape index (κ3) is 4.74. The van der Waals surface area contributed by atoms with E-state index in [0.717, 1.165) is 26.9 Å². The standard InChI is InChI=1S/C17H19BF8N3O2/c1-13(2,30)14(3,4)31-18-9-6-27-29(7-9)12-11(16(21,22)23)10(8-28(12)5)15(19,20)17(24,25)26/h6-8,30H,1-5H3. The molecule has 0 aromatic carbocycles. The van der Waals surface area contributed by atoms with Gasteiger partial charge in [-0.2, -0.15) is 40.2 Å². The monoisotopic (exact) mass is 460 g/mol. The first kappa shape index (κ1) is 25.2. The molecule has 0 aliphatic heterocycles. The summed E-state index contributed by atoms with van der Waals surface area (Å²) in [6.07, 6.45) is -9.71. The summed E-state index contributed by atoms with van der Waals surface area (Å²) in [5, 5.41) is 13.7. The van der Waals surface area contributed by atoms with Crippen LogP contribution in [0.1, 0.15) is 38.8 Å². The number of rotatable bonds is 6. The van der Waals surface area contributed by atoms with Crippen LogP contribution in [0, 0.1) is 0 Å². The van der Waals surface area contributed by atoms with E-state index in [1.54, 1.807) is 13.8 Å². The smallest absolute Gasteiger partial charge is 0.427 e. The molecule has 2 aromatic heterocycles. The van der Waals surface area contributed by atoms with E-state index in [4.69, 9.17) is 4.65 Å². The Morgan fingerprint density at radius 2 is 1.52 bits per heavy atom. The summed E-state index contributed by atoms with van der Waals surface area (Å²) in [4.78, 5) is 0. The molecule has 0 amide bonds. The molecule has 1 radical (unpaired) electrons. The number of hydrogen-bond donors (Lipinski definition) is 1. The number of halogens is 8. The molecule has 31 heavy (non-hydrogen) atoms. The quantitative estimate of drug-likeness (QED) is 0.529. The molecule has 2 heterocycles. The van der Waals surface area contributed by atoms with E-state index in [1.807, 2.05) is 0 Å². The lowest BCUT2D eigenvalue weighted by Crippen LogP contribution is -2.49. The molecule has 2 aromatic rings. The summed E-state index contributed by atoms with van der Waals surface area (Å²) in [5.41, 5.74) is -6.75. The summed E-state index contributed by atoms with van der Waals surface area (Å²) >= 11 is 0. The minimum atomic E-state index is -6.23. The highest BCUT2D eigenvalue weighted by molar-refractivity contribution is 6.46. The van der Waals surface area contributed by atoms with Crippen molar-refractivity contribution in [3.63, 3.8) is 0 Å². The molecule has 2 rings (SSSR count). The second-order valence-electron chi connectivity index (χ2n) is 7.95. The van der Waals surface area contributed by atoms with Crippen LogP contribution in [0.25, 0.3) is 5.82 Å². The van der Waals surface area contributed by atoms with Crippen molar-refractivity contribution in [1.29, 1.82) is 0 Å². The van der Waals surface area contributed by atoms with Gasteiger partial charge in [-0.05, 0) is 33.2 Å². The van der Waals surface area contributed by atoms with Gasteiger partial charge in [0.25, 0.3) is 0 Å². The first-order chi connectivity index (χ1) is 13.7. The SMILES string of the molecule is Cn1cc(C(F)(F)C(F)(F)F)c(C(F)(F)F)c1-n1cc([B]OC(C)(C)C(C)(C)O)cn1. The van der Waals surface area contributed by atoms with Crippen LogP contribution >= 0.6 is 0 Å². The van der Waals surface area contributed by atoms with Crippen molar-refractivity contribution in [2.75, 3.05) is 0 Å². The molecule has 0 unspecified atom stereocenters. The second kappa shape index (κ2) is 7.50. The van der Waals surface area contributed by atoms with E-state index in [9.17, 15) is 40.2 Å². The van der Waals surface area contributed by atoms with Crippen molar-refractivity contribution in [1.82, 2.24) is 14.3 Å². The summed E-state index contributed by atoms with van der Waals surface area (Å²) in [6.45, 7) is 6.01. The molecule has 0 atom stereocenters. The molecule has 0 spiro atoms. The van der Waals surface area contributed by atoms with Gasteiger partial charge in [0, 0.05) is 25.6 Å². The lowest BCUT2D eigenvalue weighted by molar-refractivity contribution is -0.290. The number of hydrogen-bond acceptors (Lipinski definition) is 3. The molecule has 1 N–H and O–H groups in total. The lowest BCUT2D eigenvalue weighted by atomic mass is 9.84. The Labute approximate surface area is 172 Å². The van der Waals surface area contributed by atoms with Crippen LogP contribution in [0.2, 0.25) is 0 Å². The maximum atomic E-state index is 13.8. The molecule has 0 bridgehead atoms. The zero-order valence-corrected chi connectivity index (χ0v) is 17.0. The Bertz CT molecular complexity index is 939. The Morgan fingerprint density at radius 3 is 1.97 bits per heavy atom. The number of aromatic nitrogens is 3. The molecule has 173 valence electrons. The summed E-state index contributed by atoms with van der Waals surface area (Å²) < 4.78 is 113. The second-order valence-corrected chi connectivity index (χ2v) is 7.95. The van der Waals surface area contributed by atoms with Crippen molar-refractivity contribution in [3.8, 4) is 5.82 Å². The van der Waals surface area contributed by atoms with Gasteiger partial charge in [-0.3, -0.25) is 0 Å². The van der Waals surface area contributed by atoms with Crippen LogP contribution in [0.15, 0.2) is 18.6 Å². The Hall–Kier alpha value is -2.09. The van der Waals surface area contributed by atoms with Crippen molar-refractivity contribution < 1.29 is 44.9 Å². The van der Waals surface area contributed by atoms with Gasteiger partial charge in [-0.15, -0.1) is 0 Å². The van der Waals surface area contributed by atoms with Crippen LogP contribution in [0.5, 0.6) is 0 Å². The van der Waals surface area contributed by atoms with Crippen molar-refractivity contribution in [2.24, 2.45) is 7.05 Å². The van der Waals surface area contributed by atoms with Gasteiger partial charge in [0.2, 0.25) is 0 Å². The zero-order valence-electron chi connectivity index (χ0n) is 17.0. The fourth-order valence-corrected chi connectivity index (χ4v) is 2.44. The van der Waals surface area contributed by atoms with Crippen molar-refractivity contribution >= 4 is 12.9 Å². The highest BCUT2D eigenvalue weighted by Crippen LogP contribution is 2.50. The molecule has 0 saturated carbocycles. The van der Waals surface area contributed by atoms with Crippen LogP contribution < -0.4 is 5.46 Å². The van der Waals surface area contributed by atoms with Crippen LogP contribution in [0.4, 0.5) is 35.1 Å². The van der Waals surface area contributed by atoms with Gasteiger partial charge in [-0.25, -0.2) is 4.68 Å². The molecule has 0 aliphatic rings. The Balaban J connectivity index is 2.52. The molecule has 5 nitrogen and oxygen atoms in total. The van der Waals surface area contributed by atoms with Crippen LogP contribution in [-0.4, -0.2) is 44.3 Å². The Kier molecular flexibility index (Phi) is 6.09. The third-order valence-corrected chi connectivity index (χ3v) is 4.91. The first-order valence-electron chi connectivity index (χ1n) is 8.70. The van der Waals surface area contributed by atoms with Gasteiger partial charge in [0.15, 0.2) is 0 Å². The molecule has 14 heteroatoms. The van der Waals surface area contributed by atoms with Gasteiger partial charge in [0.1, 0.15) is 11.4 Å². The topological polar surface area (TPSA) is 52.2 Å². The summed E-state index contributed by atoms with van der Waals surface area (Å²) in [5.74, 6) is -6.77. The van der Waals surface area contributed by atoms with E-state index in [1.165, 1.54) is 13.8 Å². The minimum absolute atomic E-state index is 0.0740. The first-order valence-corrected chi connectivity index (χ1v) is 8.70. The molecule has 0 fully saturated rings. The van der Waals surface area contributed by atoms with E-state index < -0.39 is 46.4 Å². The average Bonchev–Trinajstić information content (AvgIpc) is 3.14. The predicted octanol–water partition coefficient (Wildman–Crippen LogP) is 3.69. The molecule has 0 aliphatic carbocycles. The fourth-order valence-electron chi connectivity index (χ4n) is 2.44. The molecular formula is C17H19BF8N3O2. The largest absolute Gasteiger partial charge is 0.458 e. The molecule has 0 saturated heterocycles. The number of nitrogens with zero attached hydrogens (tertiary/aromatic N) is 3. The van der Waals surface area contributed by atoms with E-state index in [0.29, 0.717) is 9.25 Å². The van der Waals surface area contributed by atoms with Crippen molar-refractivity contribution in [2.45, 2.75) is 57.2 Å². The summed E-state index contributed by atoms with van der Waals surface area (Å²) in [7, 11) is 1.96. The Morgan fingerprint density at radius 1 is 0.968 bits per heavy atom. The lowest BCUT2D eigenvalue weighted by Gasteiger charge is -2.37. The zero-order chi connectivity index (χ0) is 24.2. The maximum Gasteiger partial charge on any atom is 0.458 e. The van der Waals surface area contributed by atoms with E-state index in [2.05, 4.69) is 5.10 Å². The van der Waals surface area contributed by atoms with Crippen LogP contribution in [-0.2, 0) is 23.8 Å². The van der Waals surface area contributed by atoms with Gasteiger partial charge < -0.3 is 14.3 Å². The molecular weight excluding hydrogens is 441 g/mol. The highest BCUT2D eigenvalue weighted by Gasteiger charge is 2.62. The average molecular weight is 460 g/mol. The normalized spacial score (nSPS) is 14.3. The van der Waals surface area contributed by atoms with E-state index >= 15 is 0 Å². The van der Waals surface area contributed by atoms with Crippen LogP contribution in [0.3, 0.4) is 0 Å². The highest BCUT2D eigenvalue weighted by atomic mass is 19.4. The number of aryl methyl sites for hydroxylation is 1. The number of aliphatic hydroxyl groups is 1. The maximum absolute atomic E-state index is 13.8. The van der Waals surface area contributed by atoms with Gasteiger partial charge in [-0.1, -0.05) is 0 Å². The third-order valence-electron chi connectivity index (χ3n) is 4.91. The fraction of sp³-hybridized carbons (Fsp3) is 0.588. The number of alkyl halides is 8. The van der Waals surface area contributed by atoms with Gasteiger partial charge >= 0.3 is 25.8 Å². The minimum Gasteiger partial charge on any atom is -0.427 e. The summed E-state index contributed by atoms with van der Waals surface area (Å²) in [6, 6.07) is 0. The van der Waals surface area contributed by atoms with Crippen molar-refractivity contribution in [3.05, 3.63) is 29.7 Å². The van der Waals surface area contributed by atoms with E-state index in [-0.39, 0.29) is 11.7 Å².